The number of amides is 2. The fraction of sp³-hybridized carbons (Fsp3) is 0.393. The minimum Gasteiger partial charge on any atom is -0.481 e. The molecule has 0 aromatic heterocycles. The van der Waals surface area contributed by atoms with Crippen molar-refractivity contribution < 1.29 is 24.2 Å². The molecule has 1 saturated carbocycles. The van der Waals surface area contributed by atoms with E-state index in [0.717, 1.165) is 24.0 Å². The van der Waals surface area contributed by atoms with Crippen molar-refractivity contribution in [3.05, 3.63) is 71.3 Å². The number of fused-ring (bicyclic) bond motifs is 4. The quantitative estimate of drug-likeness (QED) is 0.608. The highest BCUT2D eigenvalue weighted by Crippen LogP contribution is 2.49. The zero-order chi connectivity index (χ0) is 24.6. The van der Waals surface area contributed by atoms with E-state index in [1.54, 1.807) is 17.9 Å². The van der Waals surface area contributed by atoms with Gasteiger partial charge in [0.25, 0.3) is 0 Å². The number of nitrogens with one attached hydrogen (secondary N) is 1. The van der Waals surface area contributed by atoms with E-state index < -0.39 is 17.5 Å². The van der Waals surface area contributed by atoms with E-state index in [0.29, 0.717) is 25.0 Å². The van der Waals surface area contributed by atoms with Gasteiger partial charge in [-0.05, 0) is 48.4 Å². The minimum atomic E-state index is -0.797. The Labute approximate surface area is 204 Å². The van der Waals surface area contributed by atoms with E-state index in [1.165, 1.54) is 11.1 Å². The lowest BCUT2D eigenvalue weighted by molar-refractivity contribution is -0.149. The lowest BCUT2D eigenvalue weighted by Gasteiger charge is -2.29. The maximum atomic E-state index is 13.0. The number of carbonyl (C=O) groups excluding carboxylic acids is 2. The maximum Gasteiger partial charge on any atom is 0.407 e. The summed E-state index contributed by atoms with van der Waals surface area (Å²) < 4.78 is 5.54. The molecule has 182 valence electrons. The number of carboxylic acids is 1. The van der Waals surface area contributed by atoms with Crippen molar-refractivity contribution in [3.63, 3.8) is 0 Å². The SMILES string of the molecule is C/C(=C\CNC(=O)OCC1c2ccccc2-c2ccccc21)C(=O)N1CCC2(C(=O)O)CCCC12. The van der Waals surface area contributed by atoms with E-state index in [1.807, 2.05) is 24.3 Å². The Balaban J connectivity index is 1.16. The van der Waals surface area contributed by atoms with E-state index in [2.05, 4.69) is 29.6 Å². The molecule has 0 spiro atoms. The van der Waals surface area contributed by atoms with Crippen LogP contribution in [0.3, 0.4) is 0 Å². The van der Waals surface area contributed by atoms with Gasteiger partial charge in [-0.1, -0.05) is 61.0 Å². The van der Waals surface area contributed by atoms with Crippen LogP contribution in [0.4, 0.5) is 4.79 Å². The summed E-state index contributed by atoms with van der Waals surface area (Å²) in [4.78, 5) is 38.9. The van der Waals surface area contributed by atoms with Crippen molar-refractivity contribution in [2.45, 2.75) is 44.6 Å². The highest BCUT2D eigenvalue weighted by atomic mass is 16.5. The zero-order valence-electron chi connectivity index (χ0n) is 19.8. The van der Waals surface area contributed by atoms with Gasteiger partial charge in [-0.2, -0.15) is 0 Å². The van der Waals surface area contributed by atoms with Gasteiger partial charge in [-0.25, -0.2) is 4.79 Å². The van der Waals surface area contributed by atoms with Gasteiger partial charge in [-0.3, -0.25) is 9.59 Å². The molecule has 1 heterocycles. The van der Waals surface area contributed by atoms with Crippen LogP contribution in [0.2, 0.25) is 0 Å². The van der Waals surface area contributed by atoms with Gasteiger partial charge in [0.15, 0.2) is 0 Å². The fourth-order valence-electron chi connectivity index (χ4n) is 6.13. The molecule has 0 radical (unpaired) electrons. The Kier molecular flexibility index (Phi) is 6.09. The Morgan fingerprint density at radius 3 is 2.40 bits per heavy atom. The first-order valence-corrected chi connectivity index (χ1v) is 12.2. The van der Waals surface area contributed by atoms with Crippen LogP contribution in [0, 0.1) is 5.41 Å². The number of carbonyl (C=O) groups is 3. The normalized spacial score (nSPS) is 22.9. The molecule has 2 N–H and O–H groups in total. The Bertz CT molecular complexity index is 1160. The number of hydrogen-bond donors (Lipinski definition) is 2. The molecule has 2 atom stereocenters. The number of ether oxygens (including phenoxy) is 1. The number of rotatable bonds is 6. The number of carboxylic acid groups (broad SMARTS) is 1. The van der Waals surface area contributed by atoms with Crippen LogP contribution < -0.4 is 5.32 Å². The predicted molar refractivity (Wildman–Crippen MR) is 131 cm³/mol. The molecule has 1 saturated heterocycles. The second kappa shape index (κ2) is 9.21. The van der Waals surface area contributed by atoms with E-state index >= 15 is 0 Å². The summed E-state index contributed by atoms with van der Waals surface area (Å²) in [6.45, 7) is 2.56. The molecule has 7 nitrogen and oxygen atoms in total. The second-order valence-electron chi connectivity index (χ2n) is 9.71. The maximum absolute atomic E-state index is 13.0. The second-order valence-corrected chi connectivity index (χ2v) is 9.71. The van der Waals surface area contributed by atoms with Crippen LogP contribution in [0.5, 0.6) is 0 Å². The molecular formula is C28H30N2O5. The molecule has 2 aromatic rings. The predicted octanol–water partition coefficient (Wildman–Crippen LogP) is 4.33. The van der Waals surface area contributed by atoms with Crippen molar-refractivity contribution in [2.75, 3.05) is 19.7 Å². The summed E-state index contributed by atoms with van der Waals surface area (Å²) in [5.41, 5.74) is 4.35. The Hall–Kier alpha value is -3.61. The third-order valence-corrected chi connectivity index (χ3v) is 7.94. The summed E-state index contributed by atoms with van der Waals surface area (Å²) in [5, 5.41) is 12.4. The van der Waals surface area contributed by atoms with E-state index in [9.17, 15) is 19.5 Å². The standard InChI is InChI=1S/C28H30N2O5/c1-18(25(31)30-16-14-28(26(32)33)13-6-11-24(28)30)12-15-29-27(34)35-17-23-21-9-4-2-7-19(21)20-8-3-5-10-22(20)23/h2-5,7-10,12,23-24H,6,11,13-17H2,1H3,(H,29,34)(H,32,33)/b18-12+. The van der Waals surface area contributed by atoms with Gasteiger partial charge in [0, 0.05) is 30.6 Å². The molecular weight excluding hydrogens is 444 g/mol. The average Bonchev–Trinajstić information content (AvgIpc) is 3.53. The van der Waals surface area contributed by atoms with Gasteiger partial charge >= 0.3 is 12.1 Å². The average molecular weight is 475 g/mol. The van der Waals surface area contributed by atoms with E-state index in [-0.39, 0.29) is 31.0 Å². The fourth-order valence-corrected chi connectivity index (χ4v) is 6.13. The van der Waals surface area contributed by atoms with Gasteiger partial charge in [0.1, 0.15) is 6.61 Å². The summed E-state index contributed by atoms with van der Waals surface area (Å²) >= 11 is 0. The lowest BCUT2D eigenvalue weighted by atomic mass is 9.82. The molecule has 2 amide bonds. The third kappa shape index (κ3) is 3.99. The number of likely N-dealkylation sites (tertiary alicyclic amines) is 1. The molecule has 7 heteroatoms. The van der Waals surface area contributed by atoms with Crippen LogP contribution in [0.1, 0.15) is 49.7 Å². The summed E-state index contributed by atoms with van der Waals surface area (Å²) in [7, 11) is 0. The van der Waals surface area contributed by atoms with Crippen molar-refractivity contribution in [1.82, 2.24) is 10.2 Å². The van der Waals surface area contributed by atoms with Crippen molar-refractivity contribution in [1.29, 1.82) is 0 Å². The monoisotopic (exact) mass is 474 g/mol. The molecule has 2 aliphatic carbocycles. The van der Waals surface area contributed by atoms with Gasteiger partial charge < -0.3 is 20.1 Å². The minimum absolute atomic E-state index is 0.0110. The molecule has 2 fully saturated rings. The van der Waals surface area contributed by atoms with Crippen LogP contribution in [-0.4, -0.2) is 53.7 Å². The van der Waals surface area contributed by atoms with Gasteiger partial charge in [0.05, 0.1) is 5.41 Å². The lowest BCUT2D eigenvalue weighted by Crippen LogP contribution is -2.43. The topological polar surface area (TPSA) is 95.9 Å². The number of aliphatic carboxylic acids is 1. The van der Waals surface area contributed by atoms with Gasteiger partial charge in [-0.15, -0.1) is 0 Å². The molecule has 35 heavy (non-hydrogen) atoms. The largest absolute Gasteiger partial charge is 0.481 e. The molecule has 1 aliphatic heterocycles. The number of hydrogen-bond acceptors (Lipinski definition) is 4. The Morgan fingerprint density at radius 1 is 1.09 bits per heavy atom. The van der Waals surface area contributed by atoms with Gasteiger partial charge in [0.2, 0.25) is 5.91 Å². The van der Waals surface area contributed by atoms with E-state index in [4.69, 9.17) is 4.74 Å². The molecule has 5 rings (SSSR count). The van der Waals surface area contributed by atoms with Crippen molar-refractivity contribution in [2.24, 2.45) is 5.41 Å². The number of benzene rings is 2. The zero-order valence-corrected chi connectivity index (χ0v) is 19.8. The molecule has 2 unspecified atom stereocenters. The van der Waals surface area contributed by atoms with Crippen molar-refractivity contribution in [3.8, 4) is 11.1 Å². The van der Waals surface area contributed by atoms with Crippen LogP contribution >= 0.6 is 0 Å². The first-order chi connectivity index (χ1) is 16.9. The summed E-state index contributed by atoms with van der Waals surface area (Å²) in [6.07, 6.45) is 3.81. The first-order valence-electron chi connectivity index (χ1n) is 12.2. The highest BCUT2D eigenvalue weighted by molar-refractivity contribution is 5.94. The molecule has 0 bridgehead atoms. The van der Waals surface area contributed by atoms with Crippen LogP contribution in [-0.2, 0) is 14.3 Å². The smallest absolute Gasteiger partial charge is 0.407 e. The Morgan fingerprint density at radius 2 is 1.74 bits per heavy atom. The number of alkyl carbamates (subject to hydrolysis) is 1. The summed E-state index contributed by atoms with van der Waals surface area (Å²) in [5.74, 6) is -0.966. The van der Waals surface area contributed by atoms with Crippen molar-refractivity contribution >= 4 is 18.0 Å². The number of nitrogens with zero attached hydrogens (tertiary/aromatic N) is 1. The summed E-state index contributed by atoms with van der Waals surface area (Å²) in [6, 6.07) is 16.1. The van der Waals surface area contributed by atoms with Crippen LogP contribution in [0.25, 0.3) is 11.1 Å². The molecule has 2 aromatic carbocycles. The first kappa shape index (κ1) is 23.1. The van der Waals surface area contributed by atoms with Crippen LogP contribution in [0.15, 0.2) is 60.2 Å². The third-order valence-electron chi connectivity index (χ3n) is 7.94. The molecule has 3 aliphatic rings. The highest BCUT2D eigenvalue weighted by Gasteiger charge is 2.56.